The van der Waals surface area contributed by atoms with Crippen LogP contribution < -0.4 is 0 Å². The zero-order valence-electron chi connectivity index (χ0n) is 14.5. The molecule has 0 bridgehead atoms. The van der Waals surface area contributed by atoms with E-state index in [1.54, 1.807) is 4.90 Å². The second kappa shape index (κ2) is 7.97. The fraction of sp³-hybridized carbons (Fsp3) is 0.529. The van der Waals surface area contributed by atoms with Crippen LogP contribution >= 0.6 is 0 Å². The van der Waals surface area contributed by atoms with Gasteiger partial charge in [0.15, 0.2) is 0 Å². The van der Waals surface area contributed by atoms with Gasteiger partial charge in [-0.2, -0.15) is 4.31 Å². The molecular formula is C17H24N2O5S. The molecule has 0 saturated carbocycles. The predicted octanol–water partition coefficient (Wildman–Crippen LogP) is 1.65. The minimum Gasteiger partial charge on any atom is -0.481 e. The number of piperidine rings is 1. The van der Waals surface area contributed by atoms with E-state index in [1.807, 2.05) is 13.8 Å². The first kappa shape index (κ1) is 19.4. The molecule has 7 nitrogen and oxygen atoms in total. The van der Waals surface area contributed by atoms with Gasteiger partial charge in [-0.3, -0.25) is 9.59 Å². The van der Waals surface area contributed by atoms with Gasteiger partial charge in [0, 0.05) is 31.7 Å². The number of rotatable bonds is 6. The van der Waals surface area contributed by atoms with Crippen LogP contribution in [0.4, 0.5) is 0 Å². The summed E-state index contributed by atoms with van der Waals surface area (Å²) >= 11 is 0. The fourth-order valence-electron chi connectivity index (χ4n) is 2.97. The molecule has 25 heavy (non-hydrogen) atoms. The highest BCUT2D eigenvalue weighted by Gasteiger charge is 2.33. The third kappa shape index (κ3) is 4.19. The van der Waals surface area contributed by atoms with Crippen molar-refractivity contribution >= 4 is 21.9 Å². The van der Waals surface area contributed by atoms with E-state index in [9.17, 15) is 18.0 Å². The Morgan fingerprint density at radius 3 is 2.32 bits per heavy atom. The topological polar surface area (TPSA) is 95.0 Å². The minimum absolute atomic E-state index is 0.0161. The van der Waals surface area contributed by atoms with Crippen molar-refractivity contribution in [2.24, 2.45) is 5.92 Å². The molecule has 1 amide bonds. The van der Waals surface area contributed by atoms with Crippen LogP contribution in [0.25, 0.3) is 0 Å². The van der Waals surface area contributed by atoms with Crippen LogP contribution in [0.5, 0.6) is 0 Å². The van der Waals surface area contributed by atoms with E-state index in [0.717, 1.165) is 0 Å². The van der Waals surface area contributed by atoms with Crippen molar-refractivity contribution in [3.63, 3.8) is 0 Å². The quantitative estimate of drug-likeness (QED) is 0.824. The molecule has 1 aliphatic rings. The van der Waals surface area contributed by atoms with E-state index < -0.39 is 21.9 Å². The van der Waals surface area contributed by atoms with E-state index in [-0.39, 0.29) is 17.3 Å². The number of hydrogen-bond donors (Lipinski definition) is 1. The van der Waals surface area contributed by atoms with Crippen molar-refractivity contribution in [1.82, 2.24) is 9.21 Å². The second-order valence-corrected chi connectivity index (χ2v) is 7.98. The van der Waals surface area contributed by atoms with E-state index >= 15 is 0 Å². The largest absolute Gasteiger partial charge is 0.481 e. The van der Waals surface area contributed by atoms with Gasteiger partial charge in [-0.25, -0.2) is 8.42 Å². The number of hydrogen-bond acceptors (Lipinski definition) is 4. The maximum atomic E-state index is 12.7. The van der Waals surface area contributed by atoms with Crippen molar-refractivity contribution < 1.29 is 23.1 Å². The lowest BCUT2D eigenvalue weighted by Crippen LogP contribution is -2.42. The maximum absolute atomic E-state index is 12.7. The van der Waals surface area contributed by atoms with Crippen LogP contribution in [0.15, 0.2) is 29.2 Å². The van der Waals surface area contributed by atoms with Crippen LogP contribution in [0.2, 0.25) is 0 Å². The van der Waals surface area contributed by atoms with E-state index in [0.29, 0.717) is 38.0 Å². The molecule has 0 spiro atoms. The normalized spacial score (nSPS) is 18.7. The number of benzene rings is 1. The molecule has 1 aliphatic heterocycles. The highest BCUT2D eigenvalue weighted by Crippen LogP contribution is 2.24. The average molecular weight is 368 g/mol. The Labute approximate surface area is 148 Å². The smallest absolute Gasteiger partial charge is 0.307 e. The molecule has 1 atom stereocenters. The summed E-state index contributed by atoms with van der Waals surface area (Å²) in [6.45, 7) is 5.23. The van der Waals surface area contributed by atoms with Gasteiger partial charge in [0.05, 0.1) is 10.8 Å². The Balaban J connectivity index is 2.20. The summed E-state index contributed by atoms with van der Waals surface area (Å²) in [5, 5.41) is 9.12. The molecule has 0 aliphatic carbocycles. The lowest BCUT2D eigenvalue weighted by molar-refractivity contribution is -0.142. The lowest BCUT2D eigenvalue weighted by Gasteiger charge is -2.29. The fourth-order valence-corrected chi connectivity index (χ4v) is 4.50. The van der Waals surface area contributed by atoms with Gasteiger partial charge in [-0.1, -0.05) is 0 Å². The number of carbonyl (C=O) groups excluding carboxylic acids is 1. The van der Waals surface area contributed by atoms with Crippen LogP contribution in [-0.2, 0) is 14.8 Å². The number of sulfonamides is 1. The summed E-state index contributed by atoms with van der Waals surface area (Å²) in [4.78, 5) is 25.2. The van der Waals surface area contributed by atoms with Crippen LogP contribution in [0.3, 0.4) is 0 Å². The minimum atomic E-state index is -3.76. The van der Waals surface area contributed by atoms with Crippen LogP contribution in [-0.4, -0.2) is 60.8 Å². The van der Waals surface area contributed by atoms with E-state index in [2.05, 4.69) is 0 Å². The van der Waals surface area contributed by atoms with Crippen molar-refractivity contribution in [1.29, 1.82) is 0 Å². The molecule has 0 radical (unpaired) electrons. The molecule has 1 aromatic rings. The molecule has 0 aromatic heterocycles. The molecule has 1 N–H and O–H groups in total. The monoisotopic (exact) mass is 368 g/mol. The first-order valence-electron chi connectivity index (χ1n) is 8.43. The third-order valence-electron chi connectivity index (χ3n) is 4.52. The van der Waals surface area contributed by atoms with Gasteiger partial charge in [0.2, 0.25) is 10.0 Å². The number of aliphatic carboxylic acids is 1. The Morgan fingerprint density at radius 2 is 1.80 bits per heavy atom. The summed E-state index contributed by atoms with van der Waals surface area (Å²) in [5.41, 5.74) is 0.435. The van der Waals surface area contributed by atoms with Crippen molar-refractivity contribution in [2.75, 3.05) is 26.2 Å². The zero-order chi connectivity index (χ0) is 18.6. The molecule has 2 rings (SSSR count). The van der Waals surface area contributed by atoms with Crippen LogP contribution in [0.1, 0.15) is 37.0 Å². The first-order valence-corrected chi connectivity index (χ1v) is 9.87. The summed E-state index contributed by atoms with van der Waals surface area (Å²) in [6, 6.07) is 5.84. The Kier molecular flexibility index (Phi) is 6.18. The van der Waals surface area contributed by atoms with Gasteiger partial charge < -0.3 is 10.0 Å². The standard InChI is InChI=1S/C17H24N2O5S/c1-3-18(4-2)16(20)13-7-9-15(10-8-13)25(23,24)19-11-5-6-14(12-19)17(21)22/h7-10,14H,3-6,11-12H2,1-2H3,(H,21,22)/t14-/m1/s1. The zero-order valence-corrected chi connectivity index (χ0v) is 15.3. The van der Waals surface area contributed by atoms with Gasteiger partial charge in [-0.15, -0.1) is 0 Å². The number of carboxylic acids is 1. The molecule has 8 heteroatoms. The number of carboxylic acid groups (broad SMARTS) is 1. The summed E-state index contributed by atoms with van der Waals surface area (Å²) in [6.07, 6.45) is 1.01. The maximum Gasteiger partial charge on any atom is 0.307 e. The van der Waals surface area contributed by atoms with Gasteiger partial charge >= 0.3 is 5.97 Å². The Bertz CT molecular complexity index is 726. The van der Waals surface area contributed by atoms with Crippen molar-refractivity contribution in [3.05, 3.63) is 29.8 Å². The van der Waals surface area contributed by atoms with Crippen LogP contribution in [0, 0.1) is 5.92 Å². The lowest BCUT2D eigenvalue weighted by atomic mass is 10.0. The molecule has 1 aromatic carbocycles. The molecule has 1 fully saturated rings. The molecule has 0 unspecified atom stereocenters. The molecule has 1 saturated heterocycles. The number of nitrogens with zero attached hydrogens (tertiary/aromatic N) is 2. The molecule has 138 valence electrons. The van der Waals surface area contributed by atoms with Crippen molar-refractivity contribution in [3.8, 4) is 0 Å². The Morgan fingerprint density at radius 1 is 1.20 bits per heavy atom. The number of carbonyl (C=O) groups is 2. The van der Waals surface area contributed by atoms with Gasteiger partial charge in [-0.05, 0) is 51.0 Å². The summed E-state index contributed by atoms with van der Waals surface area (Å²) in [7, 11) is -3.76. The first-order chi connectivity index (χ1) is 11.8. The highest BCUT2D eigenvalue weighted by atomic mass is 32.2. The van der Waals surface area contributed by atoms with E-state index in [4.69, 9.17) is 5.11 Å². The number of amides is 1. The highest BCUT2D eigenvalue weighted by molar-refractivity contribution is 7.89. The molecular weight excluding hydrogens is 344 g/mol. The average Bonchev–Trinajstić information content (AvgIpc) is 2.62. The van der Waals surface area contributed by atoms with Crippen molar-refractivity contribution in [2.45, 2.75) is 31.6 Å². The van der Waals surface area contributed by atoms with Gasteiger partial charge in [0.1, 0.15) is 0 Å². The Hall–Kier alpha value is -1.93. The third-order valence-corrected chi connectivity index (χ3v) is 6.40. The predicted molar refractivity (Wildman–Crippen MR) is 92.8 cm³/mol. The molecule has 1 heterocycles. The SMILES string of the molecule is CCN(CC)C(=O)c1ccc(S(=O)(=O)N2CCC[C@@H](C(=O)O)C2)cc1. The summed E-state index contributed by atoms with van der Waals surface area (Å²) < 4.78 is 26.7. The van der Waals surface area contributed by atoms with Gasteiger partial charge in [0.25, 0.3) is 5.91 Å². The van der Waals surface area contributed by atoms with E-state index in [1.165, 1.54) is 28.6 Å². The summed E-state index contributed by atoms with van der Waals surface area (Å²) in [5.74, 6) is -1.79. The second-order valence-electron chi connectivity index (χ2n) is 6.04.